The summed E-state index contributed by atoms with van der Waals surface area (Å²) in [5.74, 6) is -3.20. The van der Waals surface area contributed by atoms with Crippen molar-refractivity contribution in [2.24, 2.45) is 0 Å². The number of anilines is 1. The summed E-state index contributed by atoms with van der Waals surface area (Å²) in [5, 5.41) is 10.9. The molecule has 6 rings (SSSR count). The van der Waals surface area contributed by atoms with Crippen molar-refractivity contribution in [2.45, 2.75) is 31.1 Å². The van der Waals surface area contributed by atoms with Crippen LogP contribution in [-0.2, 0) is 28.5 Å². The Morgan fingerprint density at radius 1 is 0.786 bits per heavy atom. The van der Waals surface area contributed by atoms with Gasteiger partial charge in [-0.2, -0.15) is 39.5 Å². The molecule has 0 aliphatic carbocycles. The van der Waals surface area contributed by atoms with Crippen LogP contribution in [0.1, 0.15) is 27.0 Å². The number of amides is 1. The second kappa shape index (κ2) is 16.4. The zero-order valence-electron chi connectivity index (χ0n) is 29.1. The number of hydrogen-bond donors (Lipinski definition) is 2. The molecule has 1 amide bonds. The molecule has 0 bridgehead atoms. The maximum Gasteiger partial charge on any atom is 0.490 e. The van der Waals surface area contributed by atoms with E-state index in [9.17, 15) is 49.1 Å². The summed E-state index contributed by atoms with van der Waals surface area (Å²) in [6.45, 7) is 1.09. The number of benzene rings is 4. The molecule has 0 radical (unpaired) electrons. The lowest BCUT2D eigenvalue weighted by Crippen LogP contribution is -2.55. The number of alkyl halides is 9. The number of carbonyl (C=O) groups is 3. The smallest absolute Gasteiger partial charge is 0.475 e. The fourth-order valence-electron chi connectivity index (χ4n) is 6.15. The van der Waals surface area contributed by atoms with E-state index in [-0.39, 0.29) is 24.2 Å². The highest BCUT2D eigenvalue weighted by Gasteiger charge is 2.38. The Morgan fingerprint density at radius 2 is 1.38 bits per heavy atom. The molecule has 1 atom stereocenters. The molecule has 0 saturated carbocycles. The van der Waals surface area contributed by atoms with Crippen molar-refractivity contribution in [3.05, 3.63) is 119 Å². The number of nitrogens with one attached hydrogen (secondary N) is 1. The summed E-state index contributed by atoms with van der Waals surface area (Å²) < 4.78 is 112. The number of hydrogen-bond acceptors (Lipinski definition) is 6. The highest BCUT2D eigenvalue weighted by atomic mass is 19.4. The van der Waals surface area contributed by atoms with Crippen LogP contribution < -0.4 is 5.32 Å². The molecule has 294 valence electrons. The molecule has 17 heteroatoms. The van der Waals surface area contributed by atoms with Crippen LogP contribution in [0, 0.1) is 0 Å². The average Bonchev–Trinajstić information content (AvgIpc) is 3.16. The van der Waals surface area contributed by atoms with E-state index in [0.29, 0.717) is 47.4 Å². The highest BCUT2D eigenvalue weighted by Crippen LogP contribution is 2.35. The number of carboxylic acids is 1. The number of aliphatic carboxylic acids is 1. The number of halogens is 9. The standard InChI is InChI=1S/C37H30F6N4O2.C2HF3O2/c1-44-32-13-12-24(23-6-4-8-27(16-23)36(38,39)40)18-31(32)35(49)47-15-14-46(21-29(47)22-48)20-26-19-34(45-33-11-3-2-10-30(26)33)25-7-5-9-28(17-25)37(41,42)43;3-2(4,5)1(6)7/h2-13,16-19,22,29,44H,14-15,20-21H2,1H3;(H,6,7). The van der Waals surface area contributed by atoms with Gasteiger partial charge < -0.3 is 20.1 Å². The Kier molecular flexibility index (Phi) is 12.1. The van der Waals surface area contributed by atoms with E-state index in [2.05, 4.69) is 10.3 Å². The van der Waals surface area contributed by atoms with Gasteiger partial charge in [0.1, 0.15) is 12.3 Å². The van der Waals surface area contributed by atoms with E-state index < -0.39 is 47.6 Å². The molecule has 0 spiro atoms. The van der Waals surface area contributed by atoms with Crippen LogP contribution in [0.2, 0.25) is 0 Å². The van der Waals surface area contributed by atoms with Crippen LogP contribution in [0.5, 0.6) is 0 Å². The van der Waals surface area contributed by atoms with Crippen molar-refractivity contribution in [3.8, 4) is 22.4 Å². The Hall–Kier alpha value is -5.97. The molecule has 5 aromatic rings. The molecular formula is C39H31F9N4O4. The number of rotatable bonds is 7. The van der Waals surface area contributed by atoms with Gasteiger partial charge in [-0.25, -0.2) is 9.78 Å². The van der Waals surface area contributed by atoms with Gasteiger partial charge in [-0.15, -0.1) is 0 Å². The first-order valence-corrected chi connectivity index (χ1v) is 16.6. The lowest BCUT2D eigenvalue weighted by Gasteiger charge is -2.39. The Balaban J connectivity index is 0.000000784. The summed E-state index contributed by atoms with van der Waals surface area (Å²) in [7, 11) is 1.62. The van der Waals surface area contributed by atoms with Crippen molar-refractivity contribution in [1.29, 1.82) is 0 Å². The van der Waals surface area contributed by atoms with Gasteiger partial charge in [0.2, 0.25) is 0 Å². The number of carboxylic acid groups (broad SMARTS) is 1. The first-order chi connectivity index (χ1) is 26.3. The lowest BCUT2D eigenvalue weighted by molar-refractivity contribution is -0.192. The number of para-hydroxylation sites is 1. The zero-order valence-corrected chi connectivity index (χ0v) is 29.1. The van der Waals surface area contributed by atoms with Crippen LogP contribution >= 0.6 is 0 Å². The molecule has 1 fully saturated rings. The molecule has 2 heterocycles. The number of nitrogens with zero attached hydrogens (tertiary/aromatic N) is 3. The van der Waals surface area contributed by atoms with Crippen LogP contribution in [0.3, 0.4) is 0 Å². The number of aromatic nitrogens is 1. The van der Waals surface area contributed by atoms with Gasteiger partial charge in [0, 0.05) is 49.9 Å². The molecule has 1 aromatic heterocycles. The van der Waals surface area contributed by atoms with E-state index >= 15 is 0 Å². The lowest BCUT2D eigenvalue weighted by atomic mass is 9.98. The average molecular weight is 791 g/mol. The third-order valence-corrected chi connectivity index (χ3v) is 8.89. The number of carbonyl (C=O) groups excluding carboxylic acids is 2. The van der Waals surface area contributed by atoms with E-state index in [1.807, 2.05) is 17.0 Å². The van der Waals surface area contributed by atoms with Gasteiger partial charge in [-0.3, -0.25) is 9.69 Å². The first-order valence-electron chi connectivity index (χ1n) is 16.6. The van der Waals surface area contributed by atoms with Gasteiger partial charge in [0.25, 0.3) is 5.91 Å². The Morgan fingerprint density at radius 3 is 1.96 bits per heavy atom. The number of fused-ring (bicyclic) bond motifs is 1. The number of pyridine rings is 1. The third kappa shape index (κ3) is 9.63. The first kappa shape index (κ1) is 41.2. The molecular weight excluding hydrogens is 759 g/mol. The predicted octanol–water partition coefficient (Wildman–Crippen LogP) is 8.81. The summed E-state index contributed by atoms with van der Waals surface area (Å²) in [6.07, 6.45) is -13.4. The van der Waals surface area contributed by atoms with E-state index in [1.165, 1.54) is 29.2 Å². The topological polar surface area (TPSA) is 103 Å². The largest absolute Gasteiger partial charge is 0.490 e. The number of piperazine rings is 1. The maximum absolute atomic E-state index is 13.9. The van der Waals surface area contributed by atoms with Crippen LogP contribution in [-0.4, -0.2) is 77.0 Å². The van der Waals surface area contributed by atoms with Crippen LogP contribution in [0.4, 0.5) is 45.2 Å². The summed E-state index contributed by atoms with van der Waals surface area (Å²) >= 11 is 0. The van der Waals surface area contributed by atoms with Gasteiger partial charge in [-0.05, 0) is 65.2 Å². The summed E-state index contributed by atoms with van der Waals surface area (Å²) in [6, 6.07) is 22.8. The minimum atomic E-state index is -5.08. The van der Waals surface area contributed by atoms with Crippen molar-refractivity contribution < 1.29 is 59.0 Å². The maximum atomic E-state index is 13.9. The second-order valence-electron chi connectivity index (χ2n) is 12.6. The fraction of sp³-hybridized carbons (Fsp3) is 0.231. The molecule has 8 nitrogen and oxygen atoms in total. The Bertz CT molecular complexity index is 2240. The van der Waals surface area contributed by atoms with Gasteiger partial charge in [-0.1, -0.05) is 48.5 Å². The quantitative estimate of drug-likeness (QED) is 0.126. The molecule has 1 unspecified atom stereocenters. The molecule has 1 saturated heterocycles. The van der Waals surface area contributed by atoms with Gasteiger partial charge in [0.15, 0.2) is 0 Å². The minimum Gasteiger partial charge on any atom is -0.475 e. The van der Waals surface area contributed by atoms with Gasteiger partial charge in [0.05, 0.1) is 27.9 Å². The fourth-order valence-corrected chi connectivity index (χ4v) is 6.15. The van der Waals surface area contributed by atoms with Crippen molar-refractivity contribution in [2.75, 3.05) is 32.0 Å². The van der Waals surface area contributed by atoms with Crippen molar-refractivity contribution >= 4 is 34.8 Å². The number of aldehydes is 1. The molecule has 56 heavy (non-hydrogen) atoms. The van der Waals surface area contributed by atoms with Crippen LogP contribution in [0.25, 0.3) is 33.3 Å². The second-order valence-corrected chi connectivity index (χ2v) is 12.6. The van der Waals surface area contributed by atoms with Crippen molar-refractivity contribution in [3.63, 3.8) is 0 Å². The monoisotopic (exact) mass is 790 g/mol. The molecule has 2 N–H and O–H groups in total. The SMILES string of the molecule is CNc1ccc(-c2cccc(C(F)(F)F)c2)cc1C(=O)N1CCN(Cc2cc(-c3cccc(C(F)(F)F)c3)nc3ccccc23)CC1C=O.O=C(O)C(F)(F)F. The van der Waals surface area contributed by atoms with E-state index in [4.69, 9.17) is 9.90 Å². The molecule has 1 aliphatic rings. The normalized spacial score (nSPS) is 15.2. The van der Waals surface area contributed by atoms with E-state index in [1.54, 1.807) is 43.4 Å². The minimum absolute atomic E-state index is 0.183. The molecule has 1 aliphatic heterocycles. The third-order valence-electron chi connectivity index (χ3n) is 8.89. The van der Waals surface area contributed by atoms with E-state index in [0.717, 1.165) is 35.2 Å². The molecule has 4 aromatic carbocycles. The highest BCUT2D eigenvalue weighted by molar-refractivity contribution is 6.02. The van der Waals surface area contributed by atoms with Crippen molar-refractivity contribution in [1.82, 2.24) is 14.8 Å². The predicted molar refractivity (Wildman–Crippen MR) is 188 cm³/mol. The zero-order chi connectivity index (χ0) is 41.0. The summed E-state index contributed by atoms with van der Waals surface area (Å²) in [5.41, 5.74) is 1.88. The van der Waals surface area contributed by atoms with Gasteiger partial charge >= 0.3 is 24.5 Å². The van der Waals surface area contributed by atoms with Crippen LogP contribution in [0.15, 0.2) is 97.1 Å². The Labute approximate surface area is 313 Å². The summed E-state index contributed by atoms with van der Waals surface area (Å²) in [4.78, 5) is 43.3.